The summed E-state index contributed by atoms with van der Waals surface area (Å²) in [6.07, 6.45) is 3.18. The van der Waals surface area contributed by atoms with Crippen LogP contribution in [0.2, 0.25) is 0 Å². The number of nitrogens with zero attached hydrogens (tertiary/aromatic N) is 1. The van der Waals surface area contributed by atoms with Gasteiger partial charge in [0.15, 0.2) is 0 Å². The highest BCUT2D eigenvalue weighted by Crippen LogP contribution is 2.16. The standard InChI is InChI=1S/C20H19N3O4S/c1-27-18-8-10-19(11-9-18)28(25,26)22-13-15-4-6-16(7-5-15)20(24)23-17-3-2-12-21-14-17/h2-12,14,22H,13H2,1H3,(H,23,24). The molecule has 28 heavy (non-hydrogen) atoms. The molecule has 0 aliphatic heterocycles. The quantitative estimate of drug-likeness (QED) is 0.639. The zero-order valence-electron chi connectivity index (χ0n) is 15.1. The van der Waals surface area contributed by atoms with Crippen LogP contribution >= 0.6 is 0 Å². The van der Waals surface area contributed by atoms with Gasteiger partial charge in [-0.05, 0) is 54.1 Å². The summed E-state index contributed by atoms with van der Waals surface area (Å²) in [5.74, 6) is 0.317. The van der Waals surface area contributed by atoms with E-state index in [9.17, 15) is 13.2 Å². The average Bonchev–Trinajstić information content (AvgIpc) is 2.73. The maximum absolute atomic E-state index is 12.4. The van der Waals surface area contributed by atoms with Crippen molar-refractivity contribution in [2.45, 2.75) is 11.4 Å². The Kier molecular flexibility index (Phi) is 6.03. The van der Waals surface area contributed by atoms with E-state index >= 15 is 0 Å². The molecule has 0 aliphatic carbocycles. The van der Waals surface area contributed by atoms with E-state index in [0.717, 1.165) is 5.56 Å². The number of ether oxygens (including phenoxy) is 1. The van der Waals surface area contributed by atoms with Crippen LogP contribution in [-0.2, 0) is 16.6 Å². The third-order valence-corrected chi connectivity index (χ3v) is 5.39. The van der Waals surface area contributed by atoms with Gasteiger partial charge in [0, 0.05) is 18.3 Å². The predicted molar refractivity (Wildman–Crippen MR) is 106 cm³/mol. The van der Waals surface area contributed by atoms with Gasteiger partial charge in [-0.25, -0.2) is 13.1 Å². The number of anilines is 1. The molecule has 144 valence electrons. The molecule has 0 unspecified atom stereocenters. The number of amides is 1. The molecule has 1 amide bonds. The van der Waals surface area contributed by atoms with Crippen molar-refractivity contribution < 1.29 is 17.9 Å². The Morgan fingerprint density at radius 2 is 1.75 bits per heavy atom. The van der Waals surface area contributed by atoms with Gasteiger partial charge in [-0.3, -0.25) is 9.78 Å². The van der Waals surface area contributed by atoms with Crippen molar-refractivity contribution >= 4 is 21.6 Å². The Morgan fingerprint density at radius 1 is 1.04 bits per heavy atom. The van der Waals surface area contributed by atoms with Crippen LogP contribution in [0.4, 0.5) is 5.69 Å². The third-order valence-electron chi connectivity index (χ3n) is 3.97. The Bertz CT molecular complexity index is 1040. The van der Waals surface area contributed by atoms with Crippen molar-refractivity contribution in [3.05, 3.63) is 84.2 Å². The van der Waals surface area contributed by atoms with Crippen LogP contribution < -0.4 is 14.8 Å². The second-order valence-corrected chi connectivity index (χ2v) is 7.66. The van der Waals surface area contributed by atoms with Gasteiger partial charge in [-0.1, -0.05) is 12.1 Å². The lowest BCUT2D eigenvalue weighted by Crippen LogP contribution is -2.23. The number of hydrogen-bond acceptors (Lipinski definition) is 5. The van der Waals surface area contributed by atoms with Gasteiger partial charge in [-0.15, -0.1) is 0 Å². The first-order valence-corrected chi connectivity index (χ1v) is 9.90. The molecular formula is C20H19N3O4S. The fourth-order valence-electron chi connectivity index (χ4n) is 2.43. The van der Waals surface area contributed by atoms with E-state index in [-0.39, 0.29) is 17.3 Å². The highest BCUT2D eigenvalue weighted by Gasteiger charge is 2.14. The van der Waals surface area contributed by atoms with Gasteiger partial charge in [-0.2, -0.15) is 0 Å². The molecule has 2 N–H and O–H groups in total. The lowest BCUT2D eigenvalue weighted by molar-refractivity contribution is 0.102. The smallest absolute Gasteiger partial charge is 0.255 e. The molecule has 8 heteroatoms. The Balaban J connectivity index is 1.61. The largest absolute Gasteiger partial charge is 0.497 e. The number of sulfonamides is 1. The summed E-state index contributed by atoms with van der Waals surface area (Å²) in [6.45, 7) is 0.110. The monoisotopic (exact) mass is 397 g/mol. The minimum absolute atomic E-state index is 0.110. The molecular weight excluding hydrogens is 378 g/mol. The Morgan fingerprint density at radius 3 is 2.36 bits per heavy atom. The number of aromatic nitrogens is 1. The second-order valence-electron chi connectivity index (χ2n) is 5.89. The minimum atomic E-state index is -3.64. The van der Waals surface area contributed by atoms with E-state index in [1.807, 2.05) is 0 Å². The van der Waals surface area contributed by atoms with Gasteiger partial charge in [0.2, 0.25) is 10.0 Å². The fourth-order valence-corrected chi connectivity index (χ4v) is 3.45. The normalized spacial score (nSPS) is 11.0. The van der Waals surface area contributed by atoms with Gasteiger partial charge >= 0.3 is 0 Å². The van der Waals surface area contributed by atoms with Crippen LogP contribution in [0.5, 0.6) is 5.75 Å². The first-order valence-electron chi connectivity index (χ1n) is 8.42. The molecule has 0 saturated carbocycles. The average molecular weight is 397 g/mol. The van der Waals surface area contributed by atoms with Crippen molar-refractivity contribution in [3.8, 4) is 5.75 Å². The van der Waals surface area contributed by atoms with Gasteiger partial charge in [0.1, 0.15) is 5.75 Å². The first-order chi connectivity index (χ1) is 13.5. The van der Waals surface area contributed by atoms with E-state index in [0.29, 0.717) is 17.0 Å². The van der Waals surface area contributed by atoms with Crippen molar-refractivity contribution in [1.82, 2.24) is 9.71 Å². The summed E-state index contributed by atoms with van der Waals surface area (Å²) in [5.41, 5.74) is 1.80. The highest BCUT2D eigenvalue weighted by atomic mass is 32.2. The maximum Gasteiger partial charge on any atom is 0.255 e. The molecule has 1 aromatic heterocycles. The van der Waals surface area contributed by atoms with E-state index in [1.165, 1.54) is 19.2 Å². The summed E-state index contributed by atoms with van der Waals surface area (Å²) in [5, 5.41) is 2.74. The van der Waals surface area contributed by atoms with Crippen molar-refractivity contribution in [2.24, 2.45) is 0 Å². The van der Waals surface area contributed by atoms with Crippen LogP contribution in [0.3, 0.4) is 0 Å². The molecule has 7 nitrogen and oxygen atoms in total. The molecule has 0 spiro atoms. The van der Waals surface area contributed by atoms with Crippen LogP contribution in [0, 0.1) is 0 Å². The number of carbonyl (C=O) groups excluding carboxylic acids is 1. The summed E-state index contributed by atoms with van der Waals surface area (Å²) in [4.78, 5) is 16.3. The Hall–Kier alpha value is -3.23. The molecule has 0 aliphatic rings. The summed E-state index contributed by atoms with van der Waals surface area (Å²) in [7, 11) is -2.13. The predicted octanol–water partition coefficient (Wildman–Crippen LogP) is 2.82. The fraction of sp³-hybridized carbons (Fsp3) is 0.100. The van der Waals surface area contributed by atoms with Crippen molar-refractivity contribution in [2.75, 3.05) is 12.4 Å². The van der Waals surface area contributed by atoms with Gasteiger partial charge in [0.25, 0.3) is 5.91 Å². The molecule has 1 heterocycles. The van der Waals surface area contributed by atoms with Crippen LogP contribution in [0.25, 0.3) is 0 Å². The SMILES string of the molecule is COc1ccc(S(=O)(=O)NCc2ccc(C(=O)Nc3cccnc3)cc2)cc1. The molecule has 0 fully saturated rings. The van der Waals surface area contributed by atoms with Crippen molar-refractivity contribution in [3.63, 3.8) is 0 Å². The Labute approximate surface area is 163 Å². The highest BCUT2D eigenvalue weighted by molar-refractivity contribution is 7.89. The van der Waals surface area contributed by atoms with Gasteiger partial charge in [0.05, 0.1) is 23.9 Å². The summed E-state index contributed by atoms with van der Waals surface area (Å²) in [6, 6.07) is 16.3. The third kappa shape index (κ3) is 4.93. The second kappa shape index (κ2) is 8.64. The van der Waals surface area contributed by atoms with E-state index < -0.39 is 10.0 Å². The van der Waals surface area contributed by atoms with Crippen molar-refractivity contribution in [1.29, 1.82) is 0 Å². The van der Waals surface area contributed by atoms with E-state index in [4.69, 9.17) is 4.74 Å². The zero-order chi connectivity index (χ0) is 20.0. The molecule has 0 bridgehead atoms. The number of carbonyl (C=O) groups is 1. The van der Waals surface area contributed by atoms with E-state index in [1.54, 1.807) is 60.9 Å². The topological polar surface area (TPSA) is 97.4 Å². The van der Waals surface area contributed by atoms with Crippen LogP contribution in [0.1, 0.15) is 15.9 Å². The molecule has 2 aromatic carbocycles. The number of methoxy groups -OCH3 is 1. The number of pyridine rings is 1. The molecule has 0 saturated heterocycles. The number of benzene rings is 2. The lowest BCUT2D eigenvalue weighted by atomic mass is 10.1. The molecule has 3 aromatic rings. The molecule has 0 radical (unpaired) electrons. The van der Waals surface area contributed by atoms with Gasteiger partial charge < -0.3 is 10.1 Å². The summed E-state index contributed by atoms with van der Waals surface area (Å²) < 4.78 is 32.3. The first kappa shape index (κ1) is 19.5. The summed E-state index contributed by atoms with van der Waals surface area (Å²) >= 11 is 0. The zero-order valence-corrected chi connectivity index (χ0v) is 15.9. The molecule has 0 atom stereocenters. The number of nitrogens with one attached hydrogen (secondary N) is 2. The number of rotatable bonds is 7. The van der Waals surface area contributed by atoms with Crippen LogP contribution in [-0.4, -0.2) is 26.4 Å². The van der Waals surface area contributed by atoms with E-state index in [2.05, 4.69) is 15.0 Å². The molecule has 3 rings (SSSR count). The lowest BCUT2D eigenvalue weighted by Gasteiger charge is -2.09. The van der Waals surface area contributed by atoms with Crippen LogP contribution in [0.15, 0.2) is 78.0 Å². The minimum Gasteiger partial charge on any atom is -0.497 e. The maximum atomic E-state index is 12.4. The number of hydrogen-bond donors (Lipinski definition) is 2.